The van der Waals surface area contributed by atoms with Crippen LogP contribution >= 0.6 is 0 Å². The van der Waals surface area contributed by atoms with Gasteiger partial charge in [-0.2, -0.15) is 0 Å². The van der Waals surface area contributed by atoms with Crippen molar-refractivity contribution in [1.29, 1.82) is 0 Å². The quantitative estimate of drug-likeness (QED) is 0.587. The molecule has 184 valence electrons. The van der Waals surface area contributed by atoms with E-state index in [-0.39, 0.29) is 35.5 Å². The third-order valence-corrected chi connectivity index (χ3v) is 6.35. The van der Waals surface area contributed by atoms with Crippen LogP contribution in [0.15, 0.2) is 12.1 Å². The first kappa shape index (κ1) is 25.1. The Labute approximate surface area is 196 Å². The molecule has 0 spiro atoms. The lowest BCUT2D eigenvalue weighted by atomic mass is 9.87. The zero-order chi connectivity index (χ0) is 24.2. The van der Waals surface area contributed by atoms with E-state index in [1.165, 1.54) is 7.11 Å². The maximum absolute atomic E-state index is 15.5. The summed E-state index contributed by atoms with van der Waals surface area (Å²) in [5.74, 6) is -0.332. The van der Waals surface area contributed by atoms with Crippen LogP contribution < -0.4 is 9.64 Å². The molecule has 0 saturated carbocycles. The number of anilines is 1. The standard InChI is InChI=1S/C25H37FN2O5/c1-6-32-23(29)18-11-13-27(14-12-18)22-19(7-8-20(31-5)21(22)26)17-9-15-28(16-10-17)24(30)33-25(2,3)4/h7-8,17-18H,6,9-16H2,1-5H3. The van der Waals surface area contributed by atoms with Gasteiger partial charge in [-0.05, 0) is 70.9 Å². The molecule has 2 fully saturated rings. The maximum Gasteiger partial charge on any atom is 0.410 e. The number of ether oxygens (including phenoxy) is 3. The molecule has 0 radical (unpaired) electrons. The average Bonchev–Trinajstić information content (AvgIpc) is 2.78. The summed E-state index contributed by atoms with van der Waals surface area (Å²) in [5, 5.41) is 0. The van der Waals surface area contributed by atoms with Gasteiger partial charge in [0.15, 0.2) is 11.6 Å². The topological polar surface area (TPSA) is 68.3 Å². The Bertz CT molecular complexity index is 838. The molecule has 1 aromatic rings. The first-order valence-electron chi connectivity index (χ1n) is 11.9. The Hall–Kier alpha value is -2.51. The van der Waals surface area contributed by atoms with Gasteiger partial charge < -0.3 is 24.0 Å². The predicted octanol–water partition coefficient (Wildman–Crippen LogP) is 4.73. The highest BCUT2D eigenvalue weighted by Crippen LogP contribution is 2.41. The molecule has 0 bridgehead atoms. The van der Waals surface area contributed by atoms with E-state index in [0.29, 0.717) is 51.3 Å². The monoisotopic (exact) mass is 464 g/mol. The van der Waals surface area contributed by atoms with Crippen LogP contribution in [0.2, 0.25) is 0 Å². The van der Waals surface area contributed by atoms with Gasteiger partial charge in [0.25, 0.3) is 0 Å². The fourth-order valence-electron chi connectivity index (χ4n) is 4.67. The van der Waals surface area contributed by atoms with E-state index in [0.717, 1.165) is 18.4 Å². The van der Waals surface area contributed by atoms with E-state index in [1.807, 2.05) is 31.7 Å². The molecule has 2 aliphatic rings. The van der Waals surface area contributed by atoms with Gasteiger partial charge in [-0.25, -0.2) is 9.18 Å². The molecule has 0 aliphatic carbocycles. The smallest absolute Gasteiger partial charge is 0.410 e. The maximum atomic E-state index is 15.5. The summed E-state index contributed by atoms with van der Waals surface area (Å²) >= 11 is 0. The Kier molecular flexibility index (Phi) is 8.08. The molecule has 0 atom stereocenters. The van der Waals surface area contributed by atoms with Gasteiger partial charge in [0, 0.05) is 26.2 Å². The minimum atomic E-state index is -0.532. The number of amides is 1. The van der Waals surface area contributed by atoms with Gasteiger partial charge >= 0.3 is 12.1 Å². The van der Waals surface area contributed by atoms with Gasteiger partial charge in [-0.15, -0.1) is 0 Å². The molecule has 0 unspecified atom stereocenters. The zero-order valence-corrected chi connectivity index (χ0v) is 20.5. The van der Waals surface area contributed by atoms with Gasteiger partial charge in [-0.3, -0.25) is 4.79 Å². The Morgan fingerprint density at radius 3 is 2.24 bits per heavy atom. The summed E-state index contributed by atoms with van der Waals surface area (Å²) in [5.41, 5.74) is 0.967. The van der Waals surface area contributed by atoms with Gasteiger partial charge in [0.2, 0.25) is 0 Å². The van der Waals surface area contributed by atoms with Gasteiger partial charge in [0.05, 0.1) is 25.3 Å². The third kappa shape index (κ3) is 6.09. The summed E-state index contributed by atoms with van der Waals surface area (Å²) in [6.45, 7) is 10.0. The van der Waals surface area contributed by atoms with Crippen LogP contribution in [-0.4, -0.2) is 62.5 Å². The molecule has 0 aromatic heterocycles. The predicted molar refractivity (Wildman–Crippen MR) is 124 cm³/mol. The zero-order valence-electron chi connectivity index (χ0n) is 20.5. The van der Waals surface area contributed by atoms with E-state index in [4.69, 9.17) is 14.2 Å². The number of rotatable bonds is 5. The Balaban J connectivity index is 1.74. The first-order valence-corrected chi connectivity index (χ1v) is 11.9. The van der Waals surface area contributed by atoms with Gasteiger partial charge in [-0.1, -0.05) is 6.07 Å². The number of benzene rings is 1. The second-order valence-corrected chi connectivity index (χ2v) is 9.77. The largest absolute Gasteiger partial charge is 0.494 e. The number of piperidine rings is 2. The SMILES string of the molecule is CCOC(=O)C1CCN(c2c(C3CCN(C(=O)OC(C)(C)C)CC3)ccc(OC)c2F)CC1. The molecule has 3 rings (SSSR count). The molecule has 2 heterocycles. The van der Waals surface area contributed by atoms with E-state index in [1.54, 1.807) is 17.9 Å². The summed E-state index contributed by atoms with van der Waals surface area (Å²) in [6, 6.07) is 3.63. The molecule has 8 heteroatoms. The number of nitrogens with zero attached hydrogens (tertiary/aromatic N) is 2. The molecule has 2 saturated heterocycles. The van der Waals surface area contributed by atoms with Crippen LogP contribution in [0.5, 0.6) is 5.75 Å². The van der Waals surface area contributed by atoms with E-state index in [2.05, 4.69) is 0 Å². The van der Waals surface area contributed by atoms with Crippen LogP contribution in [0.25, 0.3) is 0 Å². The van der Waals surface area contributed by atoms with Crippen molar-refractivity contribution in [2.45, 2.75) is 64.9 Å². The Morgan fingerprint density at radius 1 is 1.06 bits per heavy atom. The van der Waals surface area contributed by atoms with E-state index < -0.39 is 5.60 Å². The van der Waals surface area contributed by atoms with Crippen molar-refractivity contribution in [3.05, 3.63) is 23.5 Å². The van der Waals surface area contributed by atoms with E-state index >= 15 is 4.39 Å². The number of methoxy groups -OCH3 is 1. The fraction of sp³-hybridized carbons (Fsp3) is 0.680. The fourth-order valence-corrected chi connectivity index (χ4v) is 4.67. The number of likely N-dealkylation sites (tertiary alicyclic amines) is 1. The molecule has 2 aliphatic heterocycles. The minimum Gasteiger partial charge on any atom is -0.494 e. The van der Waals surface area contributed by atoms with Crippen molar-refractivity contribution >= 4 is 17.7 Å². The van der Waals surface area contributed by atoms with Crippen LogP contribution in [0.3, 0.4) is 0 Å². The molecule has 1 amide bonds. The average molecular weight is 465 g/mol. The summed E-state index contributed by atoms with van der Waals surface area (Å²) in [6.07, 6.45) is 2.43. The van der Waals surface area contributed by atoms with Crippen molar-refractivity contribution in [3.63, 3.8) is 0 Å². The van der Waals surface area contributed by atoms with E-state index in [9.17, 15) is 9.59 Å². The molecule has 0 N–H and O–H groups in total. The van der Waals surface area contributed by atoms with Crippen molar-refractivity contribution in [2.24, 2.45) is 5.92 Å². The van der Waals surface area contributed by atoms with Crippen molar-refractivity contribution in [3.8, 4) is 5.75 Å². The summed E-state index contributed by atoms with van der Waals surface area (Å²) < 4.78 is 31.4. The normalized spacial score (nSPS) is 18.2. The van der Waals surface area contributed by atoms with Gasteiger partial charge in [0.1, 0.15) is 5.60 Å². The number of halogens is 1. The summed E-state index contributed by atoms with van der Waals surface area (Å²) in [7, 11) is 1.47. The highest BCUT2D eigenvalue weighted by Gasteiger charge is 2.33. The van der Waals surface area contributed by atoms with Crippen LogP contribution in [0, 0.1) is 11.7 Å². The molecule has 33 heavy (non-hydrogen) atoms. The minimum absolute atomic E-state index is 0.127. The van der Waals surface area contributed by atoms with Crippen molar-refractivity contribution in [1.82, 2.24) is 4.90 Å². The number of hydrogen-bond donors (Lipinski definition) is 0. The lowest BCUT2D eigenvalue weighted by molar-refractivity contribution is -0.148. The van der Waals surface area contributed by atoms with Crippen molar-refractivity contribution in [2.75, 3.05) is 44.8 Å². The number of carbonyl (C=O) groups is 2. The first-order chi connectivity index (χ1) is 15.6. The highest BCUT2D eigenvalue weighted by atomic mass is 19.1. The van der Waals surface area contributed by atoms with Crippen LogP contribution in [0.4, 0.5) is 14.9 Å². The number of carbonyl (C=O) groups excluding carboxylic acids is 2. The molecular weight excluding hydrogens is 427 g/mol. The van der Waals surface area contributed by atoms with Crippen LogP contribution in [-0.2, 0) is 14.3 Å². The second kappa shape index (κ2) is 10.6. The second-order valence-electron chi connectivity index (χ2n) is 9.77. The van der Waals surface area contributed by atoms with Crippen molar-refractivity contribution < 1.29 is 28.2 Å². The number of esters is 1. The molecule has 7 nitrogen and oxygen atoms in total. The Morgan fingerprint density at radius 2 is 1.70 bits per heavy atom. The number of hydrogen-bond acceptors (Lipinski definition) is 6. The lowest BCUT2D eigenvalue weighted by Gasteiger charge is -2.38. The lowest BCUT2D eigenvalue weighted by Crippen LogP contribution is -2.42. The van der Waals surface area contributed by atoms with Crippen LogP contribution in [0.1, 0.15) is 64.9 Å². The third-order valence-electron chi connectivity index (χ3n) is 6.35. The molecular formula is C25H37FN2O5. The molecule has 1 aromatic carbocycles. The highest BCUT2D eigenvalue weighted by molar-refractivity contribution is 5.73. The summed E-state index contributed by atoms with van der Waals surface area (Å²) in [4.78, 5) is 28.3.